The number of quaternary nitrogens is 1. The summed E-state index contributed by atoms with van der Waals surface area (Å²) in [5.74, 6) is -1.56. The molecule has 0 saturated carbocycles. The molecule has 0 aliphatic carbocycles. The maximum Gasteiger partial charge on any atom is 0.230 e. The van der Waals surface area contributed by atoms with E-state index in [4.69, 9.17) is 4.74 Å². The van der Waals surface area contributed by atoms with E-state index in [2.05, 4.69) is 5.32 Å². The standard InChI is InChI=1S/C17H26N2O4/c1-12(2)23-9-5-8-18-15(17(21)22)11-16(20)19-14-7-4-6-13(3)10-14/h4,6-7,10,12,15,18H,5,8-9,11H2,1-3H3,(H,19,20)(H,21,22)/t15-/m0/s1. The average molecular weight is 322 g/mol. The van der Waals surface area contributed by atoms with Crippen LogP contribution >= 0.6 is 0 Å². The molecule has 0 aliphatic heterocycles. The van der Waals surface area contributed by atoms with Crippen LogP contribution in [0.2, 0.25) is 0 Å². The molecule has 1 atom stereocenters. The van der Waals surface area contributed by atoms with Gasteiger partial charge in [-0.2, -0.15) is 0 Å². The van der Waals surface area contributed by atoms with E-state index < -0.39 is 12.0 Å². The van der Waals surface area contributed by atoms with Gasteiger partial charge >= 0.3 is 0 Å². The van der Waals surface area contributed by atoms with Gasteiger partial charge in [-0.15, -0.1) is 0 Å². The van der Waals surface area contributed by atoms with Crippen LogP contribution in [0.15, 0.2) is 24.3 Å². The summed E-state index contributed by atoms with van der Waals surface area (Å²) in [7, 11) is 0. The van der Waals surface area contributed by atoms with Crippen LogP contribution < -0.4 is 15.7 Å². The molecule has 6 nitrogen and oxygen atoms in total. The number of nitrogens with one attached hydrogen (secondary N) is 1. The molecule has 23 heavy (non-hydrogen) atoms. The number of hydrogen-bond acceptors (Lipinski definition) is 4. The van der Waals surface area contributed by atoms with Gasteiger partial charge < -0.3 is 25.3 Å². The minimum Gasteiger partial charge on any atom is -0.544 e. The number of carbonyl (C=O) groups excluding carboxylic acids is 2. The highest BCUT2D eigenvalue weighted by Gasteiger charge is 2.18. The molecule has 0 bridgehead atoms. The number of benzene rings is 1. The predicted molar refractivity (Wildman–Crippen MR) is 85.7 cm³/mol. The molecule has 1 aromatic carbocycles. The number of amides is 1. The van der Waals surface area contributed by atoms with Gasteiger partial charge in [0.15, 0.2) is 0 Å². The van der Waals surface area contributed by atoms with Crippen molar-refractivity contribution in [2.45, 2.75) is 45.8 Å². The Morgan fingerprint density at radius 1 is 1.35 bits per heavy atom. The zero-order chi connectivity index (χ0) is 17.2. The van der Waals surface area contributed by atoms with E-state index in [0.29, 0.717) is 18.8 Å². The first-order chi connectivity index (χ1) is 10.9. The number of aliphatic carboxylic acids is 1. The van der Waals surface area contributed by atoms with Crippen molar-refractivity contribution in [2.75, 3.05) is 18.5 Å². The van der Waals surface area contributed by atoms with Crippen molar-refractivity contribution in [1.29, 1.82) is 0 Å². The SMILES string of the molecule is Cc1cccc(NC(=O)C[C@H]([NH2+]CCCOC(C)C)C(=O)[O-])c1. The highest BCUT2D eigenvalue weighted by molar-refractivity contribution is 5.93. The Kier molecular flexibility index (Phi) is 8.29. The monoisotopic (exact) mass is 322 g/mol. The number of aryl methyl sites for hydroxylation is 1. The van der Waals surface area contributed by atoms with Gasteiger partial charge in [-0.25, -0.2) is 0 Å². The Bertz CT molecular complexity index is 517. The number of ether oxygens (including phenoxy) is 1. The quantitative estimate of drug-likeness (QED) is 0.584. The highest BCUT2D eigenvalue weighted by atomic mass is 16.5. The van der Waals surface area contributed by atoms with Crippen LogP contribution in [-0.4, -0.2) is 37.2 Å². The van der Waals surface area contributed by atoms with Crippen LogP contribution in [0.1, 0.15) is 32.3 Å². The Balaban J connectivity index is 2.39. The molecule has 0 radical (unpaired) electrons. The second kappa shape index (κ2) is 9.97. The molecule has 3 N–H and O–H groups in total. The predicted octanol–water partition coefficient (Wildman–Crippen LogP) is -0.179. The second-order valence-electron chi connectivity index (χ2n) is 5.84. The van der Waals surface area contributed by atoms with E-state index in [0.717, 1.165) is 12.0 Å². The first-order valence-corrected chi connectivity index (χ1v) is 7.90. The molecule has 0 unspecified atom stereocenters. The maximum atomic E-state index is 12.0. The van der Waals surface area contributed by atoms with Gasteiger partial charge in [-0.1, -0.05) is 12.1 Å². The number of carboxylic acids is 1. The zero-order valence-corrected chi connectivity index (χ0v) is 14.0. The maximum absolute atomic E-state index is 12.0. The molecule has 1 amide bonds. The van der Waals surface area contributed by atoms with E-state index in [1.165, 1.54) is 0 Å². The fraction of sp³-hybridized carbons (Fsp3) is 0.529. The number of rotatable bonds is 10. The topological polar surface area (TPSA) is 95.1 Å². The van der Waals surface area contributed by atoms with Crippen molar-refractivity contribution in [3.05, 3.63) is 29.8 Å². The zero-order valence-electron chi connectivity index (χ0n) is 14.0. The van der Waals surface area contributed by atoms with Crippen molar-refractivity contribution in [2.24, 2.45) is 0 Å². The van der Waals surface area contributed by atoms with Gasteiger partial charge in [0.1, 0.15) is 6.04 Å². The summed E-state index contributed by atoms with van der Waals surface area (Å²) >= 11 is 0. The number of nitrogens with two attached hydrogens (primary N) is 1. The fourth-order valence-corrected chi connectivity index (χ4v) is 2.12. The van der Waals surface area contributed by atoms with E-state index in [9.17, 15) is 14.7 Å². The third-order valence-electron chi connectivity index (χ3n) is 3.26. The first-order valence-electron chi connectivity index (χ1n) is 7.90. The van der Waals surface area contributed by atoms with Gasteiger partial charge in [0.2, 0.25) is 5.91 Å². The van der Waals surface area contributed by atoms with Gasteiger partial charge in [-0.05, 0) is 38.5 Å². The third-order valence-corrected chi connectivity index (χ3v) is 3.26. The molecule has 1 rings (SSSR count). The largest absolute Gasteiger partial charge is 0.544 e. The van der Waals surface area contributed by atoms with E-state index >= 15 is 0 Å². The van der Waals surface area contributed by atoms with Gasteiger partial charge in [0.25, 0.3) is 0 Å². The summed E-state index contributed by atoms with van der Waals surface area (Å²) in [6.07, 6.45) is 0.759. The van der Waals surface area contributed by atoms with E-state index in [1.54, 1.807) is 11.4 Å². The normalized spacial score (nSPS) is 12.2. The van der Waals surface area contributed by atoms with Crippen molar-refractivity contribution in [1.82, 2.24) is 0 Å². The lowest BCUT2D eigenvalue weighted by Crippen LogP contribution is -2.93. The average Bonchev–Trinajstić information content (AvgIpc) is 2.45. The minimum absolute atomic E-state index is 0.124. The summed E-state index contributed by atoms with van der Waals surface area (Å²) in [5.41, 5.74) is 1.69. The number of carboxylic acid groups (broad SMARTS) is 1. The summed E-state index contributed by atoms with van der Waals surface area (Å²) in [6.45, 7) is 6.96. The second-order valence-corrected chi connectivity index (χ2v) is 5.84. The minimum atomic E-state index is -1.23. The lowest BCUT2D eigenvalue weighted by Gasteiger charge is -2.16. The van der Waals surface area contributed by atoms with E-state index in [1.807, 2.05) is 39.0 Å². The van der Waals surface area contributed by atoms with Crippen molar-refractivity contribution >= 4 is 17.6 Å². The third kappa shape index (κ3) is 8.32. The molecule has 0 aromatic heterocycles. The molecule has 6 heteroatoms. The molecule has 0 fully saturated rings. The fourth-order valence-electron chi connectivity index (χ4n) is 2.12. The Labute approximate surface area is 137 Å². The first kappa shape index (κ1) is 19.1. The van der Waals surface area contributed by atoms with Crippen molar-refractivity contribution < 1.29 is 24.7 Å². The van der Waals surface area contributed by atoms with Gasteiger partial charge in [0.05, 0.1) is 31.6 Å². The Hall–Kier alpha value is -1.92. The highest BCUT2D eigenvalue weighted by Crippen LogP contribution is 2.09. The number of carbonyl (C=O) groups is 2. The van der Waals surface area contributed by atoms with Crippen LogP contribution in [-0.2, 0) is 14.3 Å². The summed E-state index contributed by atoms with van der Waals surface area (Å²) in [5, 5.41) is 15.5. The molecule has 0 saturated heterocycles. The molecular weight excluding hydrogens is 296 g/mol. The van der Waals surface area contributed by atoms with Crippen LogP contribution in [0.5, 0.6) is 0 Å². The van der Waals surface area contributed by atoms with Crippen molar-refractivity contribution in [3.63, 3.8) is 0 Å². The van der Waals surface area contributed by atoms with E-state index in [-0.39, 0.29) is 18.4 Å². The lowest BCUT2D eigenvalue weighted by molar-refractivity contribution is -0.682. The lowest BCUT2D eigenvalue weighted by atomic mass is 10.1. The molecule has 128 valence electrons. The van der Waals surface area contributed by atoms with Gasteiger partial charge in [0, 0.05) is 12.1 Å². The van der Waals surface area contributed by atoms with Crippen LogP contribution in [0.4, 0.5) is 5.69 Å². The molecule has 0 heterocycles. The number of hydrogen-bond donors (Lipinski definition) is 2. The molecule has 0 spiro atoms. The smallest absolute Gasteiger partial charge is 0.230 e. The van der Waals surface area contributed by atoms with Crippen LogP contribution in [0, 0.1) is 6.92 Å². The van der Waals surface area contributed by atoms with Crippen LogP contribution in [0.25, 0.3) is 0 Å². The van der Waals surface area contributed by atoms with Crippen LogP contribution in [0.3, 0.4) is 0 Å². The summed E-state index contributed by atoms with van der Waals surface area (Å²) < 4.78 is 5.39. The summed E-state index contributed by atoms with van der Waals surface area (Å²) in [6, 6.07) is 6.47. The van der Waals surface area contributed by atoms with Crippen molar-refractivity contribution in [3.8, 4) is 0 Å². The molecule has 1 aromatic rings. The van der Waals surface area contributed by atoms with Gasteiger partial charge in [-0.3, -0.25) is 4.79 Å². The Morgan fingerprint density at radius 2 is 2.09 bits per heavy atom. The summed E-state index contributed by atoms with van der Waals surface area (Å²) in [4.78, 5) is 23.1. The molecule has 0 aliphatic rings. The number of anilines is 1. The molecular formula is C17H26N2O4. The Morgan fingerprint density at radius 3 is 2.70 bits per heavy atom.